The molecule has 16 heavy (non-hydrogen) atoms. The second-order valence-electron chi connectivity index (χ2n) is 3.54. The number of nitrogens with zero attached hydrogens (tertiary/aromatic N) is 1. The molecule has 4 nitrogen and oxygen atoms in total. The number of methoxy groups -OCH3 is 1. The molecule has 0 aliphatic carbocycles. The molecule has 0 fully saturated rings. The Balaban J connectivity index is 2.63. The SMILES string of the molecule is COC(=O)c1c(Cl)ccc2c1CC(=O)N2C. The summed E-state index contributed by atoms with van der Waals surface area (Å²) in [5, 5.41) is 0.314. The van der Waals surface area contributed by atoms with E-state index in [0.717, 1.165) is 5.69 Å². The van der Waals surface area contributed by atoms with Crippen molar-refractivity contribution in [1.29, 1.82) is 0 Å². The zero-order valence-electron chi connectivity index (χ0n) is 8.91. The maximum atomic E-state index is 11.6. The van der Waals surface area contributed by atoms with Gasteiger partial charge in [0.05, 0.1) is 24.1 Å². The van der Waals surface area contributed by atoms with Gasteiger partial charge in [0.25, 0.3) is 0 Å². The minimum atomic E-state index is -0.509. The molecule has 0 saturated heterocycles. The van der Waals surface area contributed by atoms with E-state index >= 15 is 0 Å². The lowest BCUT2D eigenvalue weighted by molar-refractivity contribution is -0.117. The van der Waals surface area contributed by atoms with Crippen molar-refractivity contribution in [3.63, 3.8) is 0 Å². The molecule has 1 heterocycles. The Hall–Kier alpha value is -1.55. The van der Waals surface area contributed by atoms with Gasteiger partial charge in [-0.3, -0.25) is 4.79 Å². The van der Waals surface area contributed by atoms with Crippen molar-refractivity contribution in [1.82, 2.24) is 0 Å². The number of benzene rings is 1. The van der Waals surface area contributed by atoms with Gasteiger partial charge in [0.2, 0.25) is 5.91 Å². The molecule has 84 valence electrons. The van der Waals surface area contributed by atoms with Crippen LogP contribution in [0.2, 0.25) is 5.02 Å². The molecule has 2 rings (SSSR count). The number of anilines is 1. The van der Waals surface area contributed by atoms with Gasteiger partial charge in [-0.15, -0.1) is 0 Å². The first kappa shape index (κ1) is 11.0. The molecule has 1 aliphatic heterocycles. The van der Waals surface area contributed by atoms with Gasteiger partial charge in [-0.05, 0) is 12.1 Å². The van der Waals surface area contributed by atoms with Gasteiger partial charge in [0.15, 0.2) is 0 Å². The van der Waals surface area contributed by atoms with E-state index in [-0.39, 0.29) is 12.3 Å². The number of carbonyl (C=O) groups is 2. The van der Waals surface area contributed by atoms with Crippen LogP contribution in [0.1, 0.15) is 15.9 Å². The van der Waals surface area contributed by atoms with Crippen LogP contribution in [0.5, 0.6) is 0 Å². The molecule has 0 atom stereocenters. The van der Waals surface area contributed by atoms with Crippen LogP contribution < -0.4 is 4.90 Å². The number of hydrogen-bond acceptors (Lipinski definition) is 3. The minimum Gasteiger partial charge on any atom is -0.465 e. The third kappa shape index (κ3) is 1.46. The van der Waals surface area contributed by atoms with Crippen LogP contribution in [0.15, 0.2) is 12.1 Å². The zero-order valence-corrected chi connectivity index (χ0v) is 9.67. The largest absolute Gasteiger partial charge is 0.465 e. The summed E-state index contributed by atoms with van der Waals surface area (Å²) in [5.41, 5.74) is 1.65. The highest BCUT2D eigenvalue weighted by Crippen LogP contribution is 2.34. The maximum absolute atomic E-state index is 11.6. The molecule has 0 saturated carbocycles. The van der Waals surface area contributed by atoms with Gasteiger partial charge in [0, 0.05) is 18.3 Å². The molecule has 0 bridgehead atoms. The lowest BCUT2D eigenvalue weighted by atomic mass is 10.0. The van der Waals surface area contributed by atoms with Crippen LogP contribution in [0.25, 0.3) is 0 Å². The second kappa shape index (κ2) is 3.79. The third-order valence-corrected chi connectivity index (χ3v) is 3.01. The highest BCUT2D eigenvalue weighted by Gasteiger charge is 2.30. The maximum Gasteiger partial charge on any atom is 0.339 e. The predicted octanol–water partition coefficient (Wildman–Crippen LogP) is 1.65. The Morgan fingerprint density at radius 2 is 2.19 bits per heavy atom. The van der Waals surface area contributed by atoms with E-state index < -0.39 is 5.97 Å². The molecule has 1 aromatic rings. The summed E-state index contributed by atoms with van der Waals surface area (Å²) in [6.07, 6.45) is 0.191. The summed E-state index contributed by atoms with van der Waals surface area (Å²) in [5.74, 6) is -0.563. The molecule has 1 amide bonds. The predicted molar refractivity (Wildman–Crippen MR) is 59.9 cm³/mol. The van der Waals surface area contributed by atoms with Gasteiger partial charge in [-0.25, -0.2) is 4.79 Å². The van der Waals surface area contributed by atoms with Crippen molar-refractivity contribution >= 4 is 29.2 Å². The number of carbonyl (C=O) groups excluding carboxylic acids is 2. The van der Waals surface area contributed by atoms with E-state index in [1.807, 2.05) is 0 Å². The smallest absolute Gasteiger partial charge is 0.339 e. The monoisotopic (exact) mass is 239 g/mol. The van der Waals surface area contributed by atoms with Crippen LogP contribution in [0.3, 0.4) is 0 Å². The number of fused-ring (bicyclic) bond motifs is 1. The molecule has 5 heteroatoms. The summed E-state index contributed by atoms with van der Waals surface area (Å²) in [6, 6.07) is 3.33. The van der Waals surface area contributed by atoms with Crippen molar-refractivity contribution in [3.05, 3.63) is 28.3 Å². The summed E-state index contributed by atoms with van der Waals surface area (Å²) < 4.78 is 4.66. The van der Waals surface area contributed by atoms with Crippen molar-refractivity contribution in [3.8, 4) is 0 Å². The van der Waals surface area contributed by atoms with E-state index in [1.54, 1.807) is 19.2 Å². The van der Waals surface area contributed by atoms with E-state index in [2.05, 4.69) is 4.74 Å². The van der Waals surface area contributed by atoms with Crippen LogP contribution in [-0.4, -0.2) is 26.0 Å². The highest BCUT2D eigenvalue weighted by atomic mass is 35.5. The average Bonchev–Trinajstić information content (AvgIpc) is 2.54. The lowest BCUT2D eigenvalue weighted by Gasteiger charge is -2.11. The van der Waals surface area contributed by atoms with Crippen molar-refractivity contribution in [2.24, 2.45) is 0 Å². The first-order chi connectivity index (χ1) is 7.56. The van der Waals surface area contributed by atoms with Crippen molar-refractivity contribution < 1.29 is 14.3 Å². The first-order valence-corrected chi connectivity index (χ1v) is 5.10. The summed E-state index contributed by atoms with van der Waals surface area (Å²) in [6.45, 7) is 0. The minimum absolute atomic E-state index is 0.0533. The molecule has 0 radical (unpaired) electrons. The normalized spacial score (nSPS) is 13.9. The van der Waals surface area contributed by atoms with Gasteiger partial charge < -0.3 is 9.64 Å². The number of rotatable bonds is 1. The molecule has 0 aromatic heterocycles. The summed E-state index contributed by atoms with van der Waals surface area (Å²) in [4.78, 5) is 24.6. The first-order valence-electron chi connectivity index (χ1n) is 4.72. The molecule has 0 unspecified atom stereocenters. The third-order valence-electron chi connectivity index (χ3n) is 2.69. The van der Waals surface area contributed by atoms with Crippen molar-refractivity contribution in [2.75, 3.05) is 19.1 Å². The van der Waals surface area contributed by atoms with E-state index in [4.69, 9.17) is 11.6 Å². The summed E-state index contributed by atoms with van der Waals surface area (Å²) >= 11 is 5.95. The Bertz CT molecular complexity index is 484. The fraction of sp³-hybridized carbons (Fsp3) is 0.273. The van der Waals surface area contributed by atoms with E-state index in [0.29, 0.717) is 16.1 Å². The zero-order chi connectivity index (χ0) is 11.9. The van der Waals surface area contributed by atoms with Crippen molar-refractivity contribution in [2.45, 2.75) is 6.42 Å². The highest BCUT2D eigenvalue weighted by molar-refractivity contribution is 6.34. The molecule has 0 N–H and O–H groups in total. The Morgan fingerprint density at radius 1 is 1.50 bits per heavy atom. The number of hydrogen-bond donors (Lipinski definition) is 0. The Labute approximate surface area is 97.7 Å². The van der Waals surface area contributed by atoms with Gasteiger partial charge >= 0.3 is 5.97 Å². The van der Waals surface area contributed by atoms with Gasteiger partial charge in [-0.2, -0.15) is 0 Å². The Morgan fingerprint density at radius 3 is 2.81 bits per heavy atom. The number of likely N-dealkylation sites (N-methyl/N-ethyl adjacent to an activating group) is 1. The molecule has 1 aliphatic rings. The van der Waals surface area contributed by atoms with Crippen LogP contribution in [-0.2, 0) is 16.0 Å². The molecular weight excluding hydrogens is 230 g/mol. The lowest BCUT2D eigenvalue weighted by Crippen LogP contribution is -2.20. The second-order valence-corrected chi connectivity index (χ2v) is 3.95. The van der Waals surface area contributed by atoms with E-state index in [9.17, 15) is 9.59 Å². The Kier molecular flexibility index (Phi) is 2.59. The summed E-state index contributed by atoms with van der Waals surface area (Å²) in [7, 11) is 2.96. The fourth-order valence-corrected chi connectivity index (χ4v) is 2.08. The average molecular weight is 240 g/mol. The van der Waals surface area contributed by atoms with Gasteiger partial charge in [0.1, 0.15) is 0 Å². The fourth-order valence-electron chi connectivity index (χ4n) is 1.83. The van der Waals surface area contributed by atoms with Crippen LogP contribution in [0.4, 0.5) is 5.69 Å². The number of amides is 1. The van der Waals surface area contributed by atoms with Crippen LogP contribution >= 0.6 is 11.6 Å². The van der Waals surface area contributed by atoms with Gasteiger partial charge in [-0.1, -0.05) is 11.6 Å². The number of halogens is 1. The van der Waals surface area contributed by atoms with Crippen LogP contribution in [0, 0.1) is 0 Å². The standard InChI is InChI=1S/C11H10ClNO3/c1-13-8-4-3-7(12)10(11(15)16-2)6(8)5-9(13)14/h3-4H,5H2,1-2H3. The topological polar surface area (TPSA) is 46.6 Å². The van der Waals surface area contributed by atoms with E-state index in [1.165, 1.54) is 12.0 Å². The number of ether oxygens (including phenoxy) is 1. The quantitative estimate of drug-likeness (QED) is 0.700. The molecular formula is C11H10ClNO3. The number of esters is 1. The molecule has 1 aromatic carbocycles. The molecule has 0 spiro atoms.